The van der Waals surface area contributed by atoms with Crippen LogP contribution in [0.5, 0.6) is 0 Å². The number of para-hydroxylation sites is 2. The smallest absolute Gasteiger partial charge is 0.0735 e. The van der Waals surface area contributed by atoms with Crippen LogP contribution in [0, 0.1) is 0 Å². The second kappa shape index (κ2) is 9.29. The minimum Gasteiger partial charge on any atom is -0.309 e. The number of halogens is 1. The van der Waals surface area contributed by atoms with Crippen LogP contribution in [0.15, 0.2) is 162 Å². The van der Waals surface area contributed by atoms with E-state index >= 15 is 0 Å². The predicted octanol–water partition coefficient (Wildman–Crippen LogP) is 11.1. The highest BCUT2D eigenvalue weighted by Gasteiger charge is 2.49. The Bertz CT molecular complexity index is 2290. The van der Waals surface area contributed by atoms with E-state index in [1.165, 1.54) is 71.6 Å². The van der Waals surface area contributed by atoms with Crippen molar-refractivity contribution in [1.29, 1.82) is 0 Å². The van der Waals surface area contributed by atoms with Crippen molar-refractivity contribution in [2.75, 3.05) is 0 Å². The van der Waals surface area contributed by atoms with Gasteiger partial charge in [-0.05, 0) is 68.9 Å². The molecular formula is C41H26BrN. The Morgan fingerprint density at radius 2 is 1.07 bits per heavy atom. The lowest BCUT2D eigenvalue weighted by molar-refractivity contribution is 0.771. The zero-order chi connectivity index (χ0) is 28.5. The summed E-state index contributed by atoms with van der Waals surface area (Å²) in [7, 11) is 0. The van der Waals surface area contributed by atoms with Crippen molar-refractivity contribution in [3.63, 3.8) is 0 Å². The Morgan fingerprint density at radius 3 is 1.74 bits per heavy atom. The molecule has 0 amide bonds. The van der Waals surface area contributed by atoms with Crippen molar-refractivity contribution >= 4 is 48.5 Å². The largest absolute Gasteiger partial charge is 0.309 e. The summed E-state index contributed by atoms with van der Waals surface area (Å²) in [5.74, 6) is 0. The first kappa shape index (κ1) is 24.7. The van der Waals surface area contributed by atoms with Crippen LogP contribution in [0.2, 0.25) is 0 Å². The average Bonchev–Trinajstić information content (AvgIpc) is 3.57. The average molecular weight is 613 g/mol. The molecule has 8 aromatic rings. The van der Waals surface area contributed by atoms with Crippen LogP contribution in [-0.4, -0.2) is 4.57 Å². The fourth-order valence-corrected chi connectivity index (χ4v) is 8.09. The molecule has 43 heavy (non-hydrogen) atoms. The summed E-state index contributed by atoms with van der Waals surface area (Å²) >= 11 is 3.88. The molecule has 2 heteroatoms. The molecule has 0 spiro atoms. The van der Waals surface area contributed by atoms with Crippen LogP contribution in [0.3, 0.4) is 0 Å². The summed E-state index contributed by atoms with van der Waals surface area (Å²) in [5.41, 5.74) is 10.9. The zero-order valence-corrected chi connectivity index (χ0v) is 24.9. The molecule has 0 aliphatic heterocycles. The maximum atomic E-state index is 3.88. The van der Waals surface area contributed by atoms with Crippen LogP contribution in [-0.2, 0) is 5.41 Å². The number of rotatable bonds is 3. The molecule has 7 aromatic carbocycles. The van der Waals surface area contributed by atoms with E-state index in [1.807, 2.05) is 0 Å². The third-order valence-corrected chi connectivity index (χ3v) is 9.78. The maximum absolute atomic E-state index is 3.88. The van der Waals surface area contributed by atoms with Gasteiger partial charge < -0.3 is 4.57 Å². The van der Waals surface area contributed by atoms with Gasteiger partial charge in [0.2, 0.25) is 0 Å². The van der Waals surface area contributed by atoms with Gasteiger partial charge in [-0.2, -0.15) is 0 Å². The lowest BCUT2D eigenvalue weighted by Crippen LogP contribution is -2.29. The molecule has 1 nitrogen and oxygen atoms in total. The number of nitrogens with zero attached hydrogens (tertiary/aromatic N) is 1. The molecule has 0 radical (unpaired) electrons. The molecule has 202 valence electrons. The van der Waals surface area contributed by atoms with E-state index in [4.69, 9.17) is 0 Å². The van der Waals surface area contributed by atoms with Crippen LogP contribution < -0.4 is 0 Å². The Labute approximate surface area is 258 Å². The van der Waals surface area contributed by atoms with Crippen LogP contribution in [0.4, 0.5) is 0 Å². The predicted molar refractivity (Wildman–Crippen MR) is 183 cm³/mol. The third-order valence-electron chi connectivity index (χ3n) is 9.29. The molecule has 0 saturated carbocycles. The van der Waals surface area contributed by atoms with Gasteiger partial charge in [0.05, 0.1) is 16.4 Å². The number of hydrogen-bond donors (Lipinski definition) is 0. The van der Waals surface area contributed by atoms with Crippen molar-refractivity contribution in [1.82, 2.24) is 4.57 Å². The molecule has 1 aliphatic rings. The van der Waals surface area contributed by atoms with Crippen molar-refractivity contribution in [2.45, 2.75) is 5.41 Å². The molecule has 0 bridgehead atoms. The Kier molecular flexibility index (Phi) is 5.33. The Hall–Kier alpha value is -4.92. The minimum atomic E-state index is -0.542. The zero-order valence-electron chi connectivity index (χ0n) is 23.3. The van der Waals surface area contributed by atoms with Crippen LogP contribution in [0.1, 0.15) is 22.3 Å². The van der Waals surface area contributed by atoms with Gasteiger partial charge in [0.25, 0.3) is 0 Å². The molecule has 1 aliphatic carbocycles. The first-order chi connectivity index (χ1) is 21.3. The van der Waals surface area contributed by atoms with Crippen molar-refractivity contribution < 1.29 is 0 Å². The Morgan fingerprint density at radius 1 is 0.512 bits per heavy atom. The lowest BCUT2D eigenvalue weighted by Gasteiger charge is -2.35. The maximum Gasteiger partial charge on any atom is 0.0735 e. The fourth-order valence-electron chi connectivity index (χ4n) is 7.73. The van der Waals surface area contributed by atoms with Gasteiger partial charge in [0, 0.05) is 26.5 Å². The van der Waals surface area contributed by atoms with E-state index in [0.29, 0.717) is 0 Å². The normalized spacial score (nSPS) is 13.4. The second-order valence-electron chi connectivity index (χ2n) is 11.4. The highest BCUT2D eigenvalue weighted by molar-refractivity contribution is 9.10. The van der Waals surface area contributed by atoms with E-state index in [-0.39, 0.29) is 0 Å². The Balaban J connectivity index is 1.65. The molecule has 0 saturated heterocycles. The minimum absolute atomic E-state index is 0.542. The number of hydrogen-bond acceptors (Lipinski definition) is 0. The summed E-state index contributed by atoms with van der Waals surface area (Å²) in [5, 5.41) is 5.15. The summed E-state index contributed by atoms with van der Waals surface area (Å²) in [6, 6.07) is 57.8. The highest BCUT2D eigenvalue weighted by atomic mass is 79.9. The molecule has 0 atom stereocenters. The van der Waals surface area contributed by atoms with Gasteiger partial charge in [-0.25, -0.2) is 0 Å². The van der Waals surface area contributed by atoms with Gasteiger partial charge >= 0.3 is 0 Å². The van der Waals surface area contributed by atoms with E-state index < -0.39 is 5.41 Å². The van der Waals surface area contributed by atoms with Gasteiger partial charge in [-0.1, -0.05) is 143 Å². The molecule has 0 unspecified atom stereocenters. The highest BCUT2D eigenvalue weighted by Crippen LogP contribution is 2.61. The van der Waals surface area contributed by atoms with Crippen molar-refractivity contribution in [3.05, 3.63) is 184 Å². The SMILES string of the molecule is Brc1ccc2c(c1)C(c1ccccc1)(c1ccccc1)c1c-2c2ccccc2c2c3ccccc3n(-c3ccccc3)c12. The van der Waals surface area contributed by atoms with E-state index in [1.54, 1.807) is 0 Å². The van der Waals surface area contributed by atoms with Crippen LogP contribution >= 0.6 is 15.9 Å². The van der Waals surface area contributed by atoms with E-state index in [0.717, 1.165) is 4.47 Å². The number of fused-ring (bicyclic) bond motifs is 10. The van der Waals surface area contributed by atoms with Gasteiger partial charge in [0.1, 0.15) is 0 Å². The standard InChI is InChI=1S/C41H26BrN/c42-29-24-25-33-35(26-29)41(27-14-4-1-5-15-27,28-16-6-2-7-17-28)39-37(33)31-20-10-11-21-32(31)38-34-22-12-13-23-36(34)43(40(38)39)30-18-8-3-9-19-30/h1-26H. The van der Waals surface area contributed by atoms with Gasteiger partial charge in [-0.15, -0.1) is 0 Å². The fraction of sp³-hybridized carbons (Fsp3) is 0.0244. The number of benzene rings is 7. The molecule has 0 fully saturated rings. The molecule has 1 heterocycles. The quantitative estimate of drug-likeness (QED) is 0.187. The van der Waals surface area contributed by atoms with Crippen molar-refractivity contribution in [2.24, 2.45) is 0 Å². The summed E-state index contributed by atoms with van der Waals surface area (Å²) in [6.45, 7) is 0. The second-order valence-corrected chi connectivity index (χ2v) is 12.3. The molecule has 0 N–H and O–H groups in total. The summed E-state index contributed by atoms with van der Waals surface area (Å²) in [4.78, 5) is 0. The first-order valence-electron chi connectivity index (χ1n) is 14.7. The molecule has 1 aromatic heterocycles. The third kappa shape index (κ3) is 3.27. The number of aromatic nitrogens is 1. The van der Waals surface area contributed by atoms with Gasteiger partial charge in [0.15, 0.2) is 0 Å². The topological polar surface area (TPSA) is 4.93 Å². The molecule has 9 rings (SSSR count). The first-order valence-corrected chi connectivity index (χ1v) is 15.5. The van der Waals surface area contributed by atoms with Gasteiger partial charge in [-0.3, -0.25) is 0 Å². The summed E-state index contributed by atoms with van der Waals surface area (Å²) in [6.07, 6.45) is 0. The van der Waals surface area contributed by atoms with E-state index in [2.05, 4.69) is 178 Å². The van der Waals surface area contributed by atoms with Crippen molar-refractivity contribution in [3.8, 4) is 16.8 Å². The molecular weight excluding hydrogens is 586 g/mol. The lowest BCUT2D eigenvalue weighted by atomic mass is 9.67. The van der Waals surface area contributed by atoms with E-state index in [9.17, 15) is 0 Å². The van der Waals surface area contributed by atoms with Crippen LogP contribution in [0.25, 0.3) is 49.4 Å². The summed E-state index contributed by atoms with van der Waals surface area (Å²) < 4.78 is 3.59. The monoisotopic (exact) mass is 611 g/mol.